The third-order valence-corrected chi connectivity index (χ3v) is 4.22. The van der Waals surface area contributed by atoms with Crippen LogP contribution < -0.4 is 0 Å². The second kappa shape index (κ2) is 5.21. The Morgan fingerprint density at radius 3 is 2.28 bits per heavy atom. The molecule has 2 rings (SSSR count). The van der Waals surface area contributed by atoms with Gasteiger partial charge in [0.2, 0.25) is 0 Å². The highest BCUT2D eigenvalue weighted by Gasteiger charge is 2.15. The SMILES string of the molecule is Cc1cc(C)c(CC(O)c2nc(C)cs2)c(C)c1. The van der Waals surface area contributed by atoms with Crippen LogP contribution in [0.2, 0.25) is 0 Å². The summed E-state index contributed by atoms with van der Waals surface area (Å²) in [6, 6.07) is 4.34. The van der Waals surface area contributed by atoms with E-state index in [-0.39, 0.29) is 0 Å². The van der Waals surface area contributed by atoms with E-state index < -0.39 is 6.10 Å². The van der Waals surface area contributed by atoms with E-state index in [4.69, 9.17) is 0 Å². The summed E-state index contributed by atoms with van der Waals surface area (Å²) < 4.78 is 0. The van der Waals surface area contributed by atoms with Gasteiger partial charge in [0, 0.05) is 17.5 Å². The van der Waals surface area contributed by atoms with Crippen LogP contribution in [0.3, 0.4) is 0 Å². The van der Waals surface area contributed by atoms with E-state index in [2.05, 4.69) is 37.9 Å². The van der Waals surface area contributed by atoms with Crippen LogP contribution in [0.1, 0.15) is 39.1 Å². The molecular weight excluding hydrogens is 242 g/mol. The first-order valence-electron chi connectivity index (χ1n) is 6.14. The monoisotopic (exact) mass is 261 g/mol. The second-order valence-corrected chi connectivity index (χ2v) is 5.81. The van der Waals surface area contributed by atoms with Crippen molar-refractivity contribution in [3.05, 3.63) is 50.5 Å². The minimum absolute atomic E-state index is 0.496. The molecule has 0 saturated heterocycles. The standard InChI is InChI=1S/C15H19NOS/c1-9-5-10(2)13(11(3)6-9)7-14(17)15-16-12(4)8-18-15/h5-6,8,14,17H,7H2,1-4H3. The number of benzene rings is 1. The quantitative estimate of drug-likeness (QED) is 0.914. The Bertz CT molecular complexity index is 536. The van der Waals surface area contributed by atoms with Gasteiger partial charge in [0.15, 0.2) is 0 Å². The molecule has 0 radical (unpaired) electrons. The fourth-order valence-electron chi connectivity index (χ4n) is 2.34. The number of aliphatic hydroxyl groups excluding tert-OH is 1. The molecule has 2 aromatic rings. The van der Waals surface area contributed by atoms with Crippen LogP contribution in [0, 0.1) is 27.7 Å². The first-order valence-corrected chi connectivity index (χ1v) is 7.02. The highest BCUT2D eigenvalue weighted by Crippen LogP contribution is 2.25. The average molecular weight is 261 g/mol. The highest BCUT2D eigenvalue weighted by molar-refractivity contribution is 7.09. The van der Waals surface area contributed by atoms with Crippen molar-refractivity contribution in [2.45, 2.75) is 40.2 Å². The number of aromatic nitrogens is 1. The van der Waals surface area contributed by atoms with Gasteiger partial charge in [-0.05, 0) is 44.4 Å². The van der Waals surface area contributed by atoms with Crippen LogP contribution in [0.25, 0.3) is 0 Å². The zero-order chi connectivity index (χ0) is 13.3. The smallest absolute Gasteiger partial charge is 0.122 e. The van der Waals surface area contributed by atoms with Crippen LogP contribution >= 0.6 is 11.3 Å². The molecule has 0 fully saturated rings. The number of thiazole rings is 1. The molecule has 0 aliphatic heterocycles. The van der Waals surface area contributed by atoms with Gasteiger partial charge in [0.25, 0.3) is 0 Å². The molecule has 0 bridgehead atoms. The Labute approximate surface area is 112 Å². The summed E-state index contributed by atoms with van der Waals surface area (Å²) in [6.45, 7) is 8.27. The van der Waals surface area contributed by atoms with Gasteiger partial charge >= 0.3 is 0 Å². The first kappa shape index (κ1) is 13.2. The van der Waals surface area contributed by atoms with Crippen LogP contribution in [-0.2, 0) is 6.42 Å². The summed E-state index contributed by atoms with van der Waals surface area (Å²) >= 11 is 1.53. The van der Waals surface area contributed by atoms with E-state index in [0.29, 0.717) is 6.42 Å². The lowest BCUT2D eigenvalue weighted by Crippen LogP contribution is -2.05. The first-order chi connectivity index (χ1) is 8.47. The zero-order valence-corrected chi connectivity index (χ0v) is 12.1. The third kappa shape index (κ3) is 2.79. The van der Waals surface area contributed by atoms with E-state index in [1.54, 1.807) is 0 Å². The summed E-state index contributed by atoms with van der Waals surface area (Å²) in [6.07, 6.45) is 0.147. The number of aryl methyl sites for hydroxylation is 4. The molecule has 18 heavy (non-hydrogen) atoms. The fraction of sp³-hybridized carbons (Fsp3) is 0.400. The lowest BCUT2D eigenvalue weighted by atomic mass is 9.95. The number of hydrogen-bond donors (Lipinski definition) is 1. The molecule has 1 atom stereocenters. The van der Waals surface area contributed by atoms with Crippen LogP contribution in [0.15, 0.2) is 17.5 Å². The van der Waals surface area contributed by atoms with Gasteiger partial charge in [0.05, 0.1) is 0 Å². The lowest BCUT2D eigenvalue weighted by molar-refractivity contribution is 0.177. The Hall–Kier alpha value is -1.19. The van der Waals surface area contributed by atoms with Crippen molar-refractivity contribution in [1.29, 1.82) is 0 Å². The van der Waals surface area contributed by atoms with Crippen molar-refractivity contribution in [3.8, 4) is 0 Å². The normalized spacial score (nSPS) is 12.7. The van der Waals surface area contributed by atoms with Crippen molar-refractivity contribution in [2.75, 3.05) is 0 Å². The Kier molecular flexibility index (Phi) is 3.83. The molecule has 0 aliphatic rings. The molecule has 1 aromatic heterocycles. The van der Waals surface area contributed by atoms with Gasteiger partial charge in [-0.15, -0.1) is 11.3 Å². The number of hydrogen-bond acceptors (Lipinski definition) is 3. The molecule has 1 N–H and O–H groups in total. The molecule has 0 saturated carbocycles. The van der Waals surface area contributed by atoms with Crippen LogP contribution in [-0.4, -0.2) is 10.1 Å². The van der Waals surface area contributed by atoms with Crippen LogP contribution in [0.5, 0.6) is 0 Å². The van der Waals surface area contributed by atoms with Crippen molar-refractivity contribution >= 4 is 11.3 Å². The maximum Gasteiger partial charge on any atom is 0.122 e. The van der Waals surface area contributed by atoms with E-state index in [1.165, 1.54) is 33.6 Å². The minimum atomic E-state index is -0.496. The molecule has 0 aliphatic carbocycles. The van der Waals surface area contributed by atoms with Gasteiger partial charge < -0.3 is 5.11 Å². The predicted molar refractivity (Wildman–Crippen MR) is 76.2 cm³/mol. The summed E-state index contributed by atoms with van der Waals surface area (Å²) in [5.74, 6) is 0. The molecule has 2 nitrogen and oxygen atoms in total. The molecule has 1 heterocycles. The Balaban J connectivity index is 2.24. The van der Waals surface area contributed by atoms with Crippen molar-refractivity contribution in [1.82, 2.24) is 4.98 Å². The molecule has 0 spiro atoms. The molecule has 0 amide bonds. The van der Waals surface area contributed by atoms with Gasteiger partial charge in [0.1, 0.15) is 11.1 Å². The predicted octanol–water partition coefficient (Wildman–Crippen LogP) is 3.65. The highest BCUT2D eigenvalue weighted by atomic mass is 32.1. The van der Waals surface area contributed by atoms with Crippen molar-refractivity contribution < 1.29 is 5.11 Å². The molecule has 1 aromatic carbocycles. The molecule has 1 unspecified atom stereocenters. The second-order valence-electron chi connectivity index (χ2n) is 4.92. The fourth-order valence-corrected chi connectivity index (χ4v) is 3.12. The van der Waals surface area contributed by atoms with E-state index >= 15 is 0 Å². The van der Waals surface area contributed by atoms with Crippen molar-refractivity contribution in [2.24, 2.45) is 0 Å². The third-order valence-electron chi connectivity index (χ3n) is 3.16. The topological polar surface area (TPSA) is 33.1 Å². The summed E-state index contributed by atoms with van der Waals surface area (Å²) in [4.78, 5) is 4.35. The van der Waals surface area contributed by atoms with Gasteiger partial charge in [-0.2, -0.15) is 0 Å². The molecular formula is C15H19NOS. The summed E-state index contributed by atoms with van der Waals surface area (Å²) in [5, 5.41) is 13.0. The summed E-state index contributed by atoms with van der Waals surface area (Å²) in [7, 11) is 0. The van der Waals surface area contributed by atoms with E-state index in [1.807, 2.05) is 12.3 Å². The van der Waals surface area contributed by atoms with Crippen LogP contribution in [0.4, 0.5) is 0 Å². The molecule has 96 valence electrons. The minimum Gasteiger partial charge on any atom is -0.386 e. The largest absolute Gasteiger partial charge is 0.386 e. The number of aliphatic hydroxyl groups is 1. The maximum atomic E-state index is 10.3. The van der Waals surface area contributed by atoms with Gasteiger partial charge in [-0.1, -0.05) is 17.7 Å². The van der Waals surface area contributed by atoms with Gasteiger partial charge in [-0.3, -0.25) is 0 Å². The number of nitrogens with zero attached hydrogens (tertiary/aromatic N) is 1. The Morgan fingerprint density at radius 1 is 1.17 bits per heavy atom. The zero-order valence-electron chi connectivity index (χ0n) is 11.3. The molecule has 3 heteroatoms. The van der Waals surface area contributed by atoms with E-state index in [0.717, 1.165) is 10.7 Å². The van der Waals surface area contributed by atoms with Gasteiger partial charge in [-0.25, -0.2) is 4.98 Å². The maximum absolute atomic E-state index is 10.3. The lowest BCUT2D eigenvalue weighted by Gasteiger charge is -2.14. The number of rotatable bonds is 3. The summed E-state index contributed by atoms with van der Waals surface area (Å²) in [5.41, 5.74) is 5.99. The Morgan fingerprint density at radius 2 is 1.78 bits per heavy atom. The van der Waals surface area contributed by atoms with E-state index in [9.17, 15) is 5.11 Å². The van der Waals surface area contributed by atoms with Crippen molar-refractivity contribution in [3.63, 3.8) is 0 Å². The average Bonchev–Trinajstić information content (AvgIpc) is 2.70.